The van der Waals surface area contributed by atoms with E-state index in [1.165, 1.54) is 0 Å². The molecule has 2 rings (SSSR count). The van der Waals surface area contributed by atoms with Crippen molar-refractivity contribution in [2.75, 3.05) is 32.7 Å². The van der Waals surface area contributed by atoms with E-state index in [0.717, 1.165) is 32.7 Å². The molecule has 3 unspecified atom stereocenters. The topological polar surface area (TPSA) is 39.3 Å². The second-order valence-electron chi connectivity index (χ2n) is 5.19. The van der Waals surface area contributed by atoms with Crippen molar-refractivity contribution in [3.8, 4) is 0 Å². The average molecular weight is 212 g/mol. The molecule has 2 saturated heterocycles. The summed E-state index contributed by atoms with van der Waals surface area (Å²) in [6.45, 7) is 12.3. The number of nitrogens with one attached hydrogen (secondary N) is 3. The average Bonchev–Trinajstić information content (AvgIpc) is 2.23. The Balaban J connectivity index is 2.05. The number of piperazine rings is 2. The Kier molecular flexibility index (Phi) is 3.30. The van der Waals surface area contributed by atoms with E-state index in [4.69, 9.17) is 0 Å². The fourth-order valence-electron chi connectivity index (χ4n) is 2.73. The van der Waals surface area contributed by atoms with Crippen molar-refractivity contribution < 1.29 is 0 Å². The summed E-state index contributed by atoms with van der Waals surface area (Å²) in [6.07, 6.45) is 0. The first-order chi connectivity index (χ1) is 7.12. The van der Waals surface area contributed by atoms with Gasteiger partial charge in [0.2, 0.25) is 0 Å². The maximum atomic E-state index is 3.65. The zero-order valence-corrected chi connectivity index (χ0v) is 10.1. The number of rotatable bonds is 1. The van der Waals surface area contributed by atoms with Crippen molar-refractivity contribution in [2.24, 2.45) is 0 Å². The Bertz CT molecular complexity index is 213. The molecule has 88 valence electrons. The summed E-state index contributed by atoms with van der Waals surface area (Å²) < 4.78 is 0. The molecule has 3 N–H and O–H groups in total. The summed E-state index contributed by atoms with van der Waals surface area (Å²) in [4.78, 5) is 2.60. The zero-order valence-electron chi connectivity index (χ0n) is 10.1. The highest BCUT2D eigenvalue weighted by Crippen LogP contribution is 2.19. The fourth-order valence-corrected chi connectivity index (χ4v) is 2.73. The van der Waals surface area contributed by atoms with Gasteiger partial charge in [0.15, 0.2) is 0 Å². The van der Waals surface area contributed by atoms with Gasteiger partial charge in [-0.3, -0.25) is 10.2 Å². The molecule has 0 bridgehead atoms. The van der Waals surface area contributed by atoms with Crippen molar-refractivity contribution in [3.05, 3.63) is 0 Å². The van der Waals surface area contributed by atoms with Crippen LogP contribution in [0.3, 0.4) is 0 Å². The minimum Gasteiger partial charge on any atom is -0.312 e. The van der Waals surface area contributed by atoms with Gasteiger partial charge in [-0.2, -0.15) is 0 Å². The third-order valence-electron chi connectivity index (χ3n) is 3.68. The largest absolute Gasteiger partial charge is 0.312 e. The Hall–Kier alpha value is -0.160. The van der Waals surface area contributed by atoms with E-state index in [2.05, 4.69) is 41.6 Å². The van der Waals surface area contributed by atoms with Crippen LogP contribution in [0.2, 0.25) is 0 Å². The van der Waals surface area contributed by atoms with Crippen LogP contribution in [-0.2, 0) is 0 Å². The first-order valence-corrected chi connectivity index (χ1v) is 6.08. The van der Waals surface area contributed by atoms with Gasteiger partial charge in [0, 0.05) is 44.8 Å². The summed E-state index contributed by atoms with van der Waals surface area (Å²) in [6, 6.07) is 1.21. The van der Waals surface area contributed by atoms with E-state index in [1.807, 2.05) is 0 Å². The molecule has 2 heterocycles. The first-order valence-electron chi connectivity index (χ1n) is 6.08. The summed E-state index contributed by atoms with van der Waals surface area (Å²) in [5.74, 6) is 0. The molecule has 3 atom stereocenters. The molecule has 2 fully saturated rings. The quantitative estimate of drug-likeness (QED) is 0.552. The van der Waals surface area contributed by atoms with Crippen molar-refractivity contribution >= 4 is 0 Å². The van der Waals surface area contributed by atoms with Crippen LogP contribution < -0.4 is 16.0 Å². The standard InChI is InChI=1S/C11H24N4/c1-9-7-15(10(2)6-13-9)11(3)8-12-4-5-14-11/h9-10,12-14H,4-8H2,1-3H3. The summed E-state index contributed by atoms with van der Waals surface area (Å²) >= 11 is 0. The predicted octanol–water partition coefficient (Wildman–Crippen LogP) is -0.422. The molecule has 15 heavy (non-hydrogen) atoms. The summed E-state index contributed by atoms with van der Waals surface area (Å²) in [5.41, 5.74) is 0.133. The van der Waals surface area contributed by atoms with Crippen LogP contribution in [0, 0.1) is 0 Å². The highest BCUT2D eigenvalue weighted by Gasteiger charge is 2.38. The predicted molar refractivity (Wildman–Crippen MR) is 62.9 cm³/mol. The molecule has 0 aromatic heterocycles. The normalized spacial score (nSPS) is 44.2. The minimum atomic E-state index is 0.133. The third kappa shape index (κ3) is 2.33. The number of hydrogen-bond donors (Lipinski definition) is 3. The smallest absolute Gasteiger partial charge is 0.0815 e. The lowest BCUT2D eigenvalue weighted by Gasteiger charge is -2.51. The second kappa shape index (κ2) is 4.37. The van der Waals surface area contributed by atoms with Crippen LogP contribution in [-0.4, -0.2) is 55.4 Å². The van der Waals surface area contributed by atoms with E-state index >= 15 is 0 Å². The van der Waals surface area contributed by atoms with Crippen molar-refractivity contribution in [3.63, 3.8) is 0 Å². The van der Waals surface area contributed by atoms with Crippen LogP contribution in [0.4, 0.5) is 0 Å². The first kappa shape index (κ1) is 11.3. The van der Waals surface area contributed by atoms with E-state index in [1.54, 1.807) is 0 Å². The molecule has 0 aromatic rings. The van der Waals surface area contributed by atoms with Gasteiger partial charge in [0.25, 0.3) is 0 Å². The van der Waals surface area contributed by atoms with Crippen molar-refractivity contribution in [2.45, 2.75) is 38.5 Å². The molecule has 0 amide bonds. The zero-order chi connectivity index (χ0) is 10.9. The molecule has 2 aliphatic heterocycles. The van der Waals surface area contributed by atoms with Crippen LogP contribution >= 0.6 is 0 Å². The number of nitrogens with zero attached hydrogens (tertiary/aromatic N) is 1. The van der Waals surface area contributed by atoms with Gasteiger partial charge in [-0.15, -0.1) is 0 Å². The van der Waals surface area contributed by atoms with Crippen LogP contribution in [0.1, 0.15) is 20.8 Å². The van der Waals surface area contributed by atoms with E-state index in [0.29, 0.717) is 12.1 Å². The molecule has 0 spiro atoms. The second-order valence-corrected chi connectivity index (χ2v) is 5.19. The molecule has 2 aliphatic rings. The molecule has 0 radical (unpaired) electrons. The molecule has 4 heteroatoms. The number of hydrogen-bond acceptors (Lipinski definition) is 4. The summed E-state index contributed by atoms with van der Waals surface area (Å²) in [7, 11) is 0. The molecule has 0 aliphatic carbocycles. The Labute approximate surface area is 92.8 Å². The van der Waals surface area contributed by atoms with Gasteiger partial charge < -0.3 is 10.6 Å². The minimum absolute atomic E-state index is 0.133. The Morgan fingerprint density at radius 2 is 2.07 bits per heavy atom. The lowest BCUT2D eigenvalue weighted by Crippen LogP contribution is -2.72. The molecule has 4 nitrogen and oxygen atoms in total. The maximum Gasteiger partial charge on any atom is 0.0815 e. The lowest BCUT2D eigenvalue weighted by molar-refractivity contribution is -0.00131. The van der Waals surface area contributed by atoms with Gasteiger partial charge in [-0.1, -0.05) is 0 Å². The van der Waals surface area contributed by atoms with Gasteiger partial charge >= 0.3 is 0 Å². The van der Waals surface area contributed by atoms with E-state index in [-0.39, 0.29) is 5.66 Å². The highest BCUT2D eigenvalue weighted by molar-refractivity contribution is 4.95. The van der Waals surface area contributed by atoms with Gasteiger partial charge in [-0.05, 0) is 20.8 Å². The van der Waals surface area contributed by atoms with Crippen molar-refractivity contribution in [1.29, 1.82) is 0 Å². The maximum absolute atomic E-state index is 3.65. The third-order valence-corrected chi connectivity index (χ3v) is 3.68. The van der Waals surface area contributed by atoms with Gasteiger partial charge in [0.1, 0.15) is 0 Å². The lowest BCUT2D eigenvalue weighted by atomic mass is 10.0. The molecule has 0 aromatic carbocycles. The molecule has 0 saturated carbocycles. The van der Waals surface area contributed by atoms with Gasteiger partial charge in [-0.25, -0.2) is 0 Å². The monoisotopic (exact) mass is 212 g/mol. The van der Waals surface area contributed by atoms with Crippen LogP contribution in [0.5, 0.6) is 0 Å². The molecular weight excluding hydrogens is 188 g/mol. The molecular formula is C11H24N4. The fraction of sp³-hybridized carbons (Fsp3) is 1.00. The van der Waals surface area contributed by atoms with Gasteiger partial charge in [0.05, 0.1) is 5.66 Å². The highest BCUT2D eigenvalue weighted by atomic mass is 15.4. The SMILES string of the molecule is CC1CN(C2(C)CNCCN2)C(C)CN1. The van der Waals surface area contributed by atoms with Crippen LogP contribution in [0.15, 0.2) is 0 Å². The summed E-state index contributed by atoms with van der Waals surface area (Å²) in [5, 5.41) is 10.7. The van der Waals surface area contributed by atoms with E-state index < -0.39 is 0 Å². The van der Waals surface area contributed by atoms with Crippen molar-refractivity contribution in [1.82, 2.24) is 20.9 Å². The Morgan fingerprint density at radius 3 is 2.73 bits per heavy atom. The van der Waals surface area contributed by atoms with Crippen LogP contribution in [0.25, 0.3) is 0 Å². The Morgan fingerprint density at radius 1 is 1.27 bits per heavy atom. The van der Waals surface area contributed by atoms with E-state index in [9.17, 15) is 0 Å².